The molecule has 0 spiro atoms. The lowest BCUT2D eigenvalue weighted by Gasteiger charge is -2.21. The Morgan fingerprint density at radius 2 is 2.05 bits per heavy atom. The lowest BCUT2D eigenvalue weighted by Crippen LogP contribution is -2.28. The van der Waals surface area contributed by atoms with E-state index in [4.69, 9.17) is 0 Å². The molecule has 1 fully saturated rings. The third-order valence-corrected chi connectivity index (χ3v) is 5.28. The third-order valence-electron chi connectivity index (χ3n) is 3.86. The Morgan fingerprint density at radius 3 is 2.75 bits per heavy atom. The van der Waals surface area contributed by atoms with Gasteiger partial charge in [-0.15, -0.1) is 0 Å². The second-order valence-corrected chi connectivity index (χ2v) is 6.98. The van der Waals surface area contributed by atoms with Gasteiger partial charge < -0.3 is 5.32 Å². The van der Waals surface area contributed by atoms with Gasteiger partial charge in [-0.3, -0.25) is 0 Å². The molecule has 1 heterocycles. The number of nitrogens with one attached hydrogen (secondary N) is 2. The van der Waals surface area contributed by atoms with Crippen molar-refractivity contribution in [3.8, 4) is 0 Å². The first-order valence-electron chi connectivity index (χ1n) is 7.26. The van der Waals surface area contributed by atoms with E-state index in [0.717, 1.165) is 6.42 Å². The first kappa shape index (κ1) is 15.3. The predicted molar refractivity (Wildman–Crippen MR) is 80.2 cm³/mol. The molecule has 0 bridgehead atoms. The number of anilines is 1. The molecule has 6 heteroatoms. The SMILES string of the molecule is CNc1cccnc1S(=O)(=O)NCCC1CCCCC1. The quantitative estimate of drug-likeness (QED) is 0.845. The van der Waals surface area contributed by atoms with Gasteiger partial charge in [-0.1, -0.05) is 32.1 Å². The van der Waals surface area contributed by atoms with Gasteiger partial charge in [0.25, 0.3) is 10.0 Å². The highest BCUT2D eigenvalue weighted by molar-refractivity contribution is 7.89. The number of nitrogens with zero attached hydrogens (tertiary/aromatic N) is 1. The average Bonchev–Trinajstić information content (AvgIpc) is 2.48. The largest absolute Gasteiger partial charge is 0.386 e. The lowest BCUT2D eigenvalue weighted by molar-refractivity contribution is 0.339. The van der Waals surface area contributed by atoms with Crippen LogP contribution in [0, 0.1) is 5.92 Å². The Balaban J connectivity index is 1.93. The summed E-state index contributed by atoms with van der Waals surface area (Å²) in [5.74, 6) is 0.666. The van der Waals surface area contributed by atoms with Crippen molar-refractivity contribution < 1.29 is 8.42 Å². The Morgan fingerprint density at radius 1 is 1.30 bits per heavy atom. The molecule has 2 rings (SSSR count). The fourth-order valence-electron chi connectivity index (χ4n) is 2.74. The van der Waals surface area contributed by atoms with Crippen molar-refractivity contribution in [3.05, 3.63) is 18.3 Å². The highest BCUT2D eigenvalue weighted by Crippen LogP contribution is 2.26. The highest BCUT2D eigenvalue weighted by Gasteiger charge is 2.20. The van der Waals surface area contributed by atoms with E-state index in [9.17, 15) is 8.42 Å². The van der Waals surface area contributed by atoms with Crippen molar-refractivity contribution >= 4 is 15.7 Å². The Hall–Kier alpha value is -1.14. The molecule has 1 aliphatic carbocycles. The van der Waals surface area contributed by atoms with Crippen LogP contribution in [0.3, 0.4) is 0 Å². The predicted octanol–water partition coefficient (Wildman–Crippen LogP) is 2.37. The van der Waals surface area contributed by atoms with Gasteiger partial charge in [-0.05, 0) is 24.5 Å². The van der Waals surface area contributed by atoms with Crippen molar-refractivity contribution in [1.29, 1.82) is 0 Å². The monoisotopic (exact) mass is 297 g/mol. The minimum Gasteiger partial charge on any atom is -0.386 e. The maximum Gasteiger partial charge on any atom is 0.260 e. The highest BCUT2D eigenvalue weighted by atomic mass is 32.2. The molecule has 0 atom stereocenters. The summed E-state index contributed by atoms with van der Waals surface area (Å²) in [7, 11) is -1.83. The minimum absolute atomic E-state index is 0.0751. The van der Waals surface area contributed by atoms with Crippen LogP contribution < -0.4 is 10.0 Å². The third kappa shape index (κ3) is 3.93. The molecule has 0 saturated heterocycles. The van der Waals surface area contributed by atoms with Crippen molar-refractivity contribution in [2.24, 2.45) is 5.92 Å². The van der Waals surface area contributed by atoms with E-state index < -0.39 is 10.0 Å². The lowest BCUT2D eigenvalue weighted by atomic mass is 9.87. The molecule has 0 aliphatic heterocycles. The average molecular weight is 297 g/mol. The number of aromatic nitrogens is 1. The molecule has 0 unspecified atom stereocenters. The Labute approximate surface area is 121 Å². The number of hydrogen-bond donors (Lipinski definition) is 2. The molecule has 0 radical (unpaired) electrons. The standard InChI is InChI=1S/C14H23N3O2S/c1-15-13-8-5-10-16-14(13)20(18,19)17-11-9-12-6-3-2-4-7-12/h5,8,10,12,15,17H,2-4,6-7,9,11H2,1H3. The van der Waals surface area contributed by atoms with Crippen LogP contribution in [0.15, 0.2) is 23.4 Å². The van der Waals surface area contributed by atoms with Crippen molar-refractivity contribution in [1.82, 2.24) is 9.71 Å². The van der Waals surface area contributed by atoms with Crippen LogP contribution >= 0.6 is 0 Å². The summed E-state index contributed by atoms with van der Waals surface area (Å²) in [5, 5.41) is 2.93. The zero-order chi connectivity index (χ0) is 14.4. The van der Waals surface area contributed by atoms with Crippen molar-refractivity contribution in [3.63, 3.8) is 0 Å². The van der Waals surface area contributed by atoms with E-state index in [1.807, 2.05) is 0 Å². The van der Waals surface area contributed by atoms with E-state index in [0.29, 0.717) is 18.2 Å². The van der Waals surface area contributed by atoms with Crippen molar-refractivity contribution in [2.45, 2.75) is 43.6 Å². The summed E-state index contributed by atoms with van der Waals surface area (Å²) < 4.78 is 27.1. The van der Waals surface area contributed by atoms with E-state index in [1.54, 1.807) is 19.2 Å². The van der Waals surface area contributed by atoms with Crippen LogP contribution in [0.25, 0.3) is 0 Å². The summed E-state index contributed by atoms with van der Waals surface area (Å²) in [6.07, 6.45) is 8.75. The van der Waals surface area contributed by atoms with Gasteiger partial charge in [0.05, 0.1) is 5.69 Å². The molecule has 1 saturated carbocycles. The van der Waals surface area contributed by atoms with Crippen LogP contribution in [-0.4, -0.2) is 27.0 Å². The first-order chi connectivity index (χ1) is 9.63. The van der Waals surface area contributed by atoms with E-state index in [2.05, 4.69) is 15.0 Å². The molecule has 0 aromatic carbocycles. The van der Waals surface area contributed by atoms with E-state index >= 15 is 0 Å². The zero-order valence-corrected chi connectivity index (χ0v) is 12.7. The molecule has 1 aliphatic rings. The summed E-state index contributed by atoms with van der Waals surface area (Å²) in [6, 6.07) is 3.43. The fourth-order valence-corrected chi connectivity index (χ4v) is 3.92. The summed E-state index contributed by atoms with van der Waals surface area (Å²) >= 11 is 0. The molecule has 1 aromatic heterocycles. The zero-order valence-electron chi connectivity index (χ0n) is 11.9. The van der Waals surface area contributed by atoms with Gasteiger partial charge in [0.15, 0.2) is 5.03 Å². The van der Waals surface area contributed by atoms with Crippen molar-refractivity contribution in [2.75, 3.05) is 18.9 Å². The van der Waals surface area contributed by atoms with Gasteiger partial charge in [0.2, 0.25) is 0 Å². The van der Waals surface area contributed by atoms with Crippen LogP contribution in [0.4, 0.5) is 5.69 Å². The Kier molecular flexibility index (Phi) is 5.37. The molecule has 5 nitrogen and oxygen atoms in total. The topological polar surface area (TPSA) is 71.1 Å². The van der Waals surface area contributed by atoms with Crippen LogP contribution in [0.2, 0.25) is 0 Å². The second-order valence-electron chi connectivity index (χ2n) is 5.30. The molecular formula is C14H23N3O2S. The van der Waals surface area contributed by atoms with Gasteiger partial charge in [0.1, 0.15) is 0 Å². The number of pyridine rings is 1. The second kappa shape index (κ2) is 7.04. The smallest absolute Gasteiger partial charge is 0.260 e. The van der Waals surface area contributed by atoms with Crippen LogP contribution in [-0.2, 0) is 10.0 Å². The normalized spacial score (nSPS) is 17.1. The van der Waals surface area contributed by atoms with Crippen LogP contribution in [0.1, 0.15) is 38.5 Å². The Bertz CT molecular complexity index is 525. The molecule has 112 valence electrons. The maximum atomic E-state index is 12.2. The molecule has 0 amide bonds. The fraction of sp³-hybridized carbons (Fsp3) is 0.643. The molecule has 20 heavy (non-hydrogen) atoms. The summed E-state index contributed by atoms with van der Waals surface area (Å²) in [6.45, 7) is 0.493. The summed E-state index contributed by atoms with van der Waals surface area (Å²) in [4.78, 5) is 3.97. The van der Waals surface area contributed by atoms with Gasteiger partial charge in [-0.2, -0.15) is 0 Å². The van der Waals surface area contributed by atoms with Crippen LogP contribution in [0.5, 0.6) is 0 Å². The number of hydrogen-bond acceptors (Lipinski definition) is 4. The van der Waals surface area contributed by atoms with Gasteiger partial charge >= 0.3 is 0 Å². The first-order valence-corrected chi connectivity index (χ1v) is 8.74. The minimum atomic E-state index is -3.53. The van der Waals surface area contributed by atoms with Gasteiger partial charge in [0, 0.05) is 19.8 Å². The molecule has 2 N–H and O–H groups in total. The van der Waals surface area contributed by atoms with Gasteiger partial charge in [-0.25, -0.2) is 18.1 Å². The maximum absolute atomic E-state index is 12.2. The molecular weight excluding hydrogens is 274 g/mol. The number of sulfonamides is 1. The summed E-state index contributed by atoms with van der Waals surface area (Å²) in [5.41, 5.74) is 0.526. The van der Waals surface area contributed by atoms with E-state index in [-0.39, 0.29) is 5.03 Å². The molecule has 1 aromatic rings. The number of rotatable bonds is 6. The van der Waals surface area contributed by atoms with E-state index in [1.165, 1.54) is 38.3 Å².